The second kappa shape index (κ2) is 11.9. The van der Waals surface area contributed by atoms with Gasteiger partial charge in [-0.3, -0.25) is 14.5 Å². The Morgan fingerprint density at radius 1 is 0.781 bits per heavy atom. The van der Waals surface area contributed by atoms with E-state index in [9.17, 15) is 14.4 Å². The maximum atomic E-state index is 12.8. The molecule has 7 heteroatoms. The highest BCUT2D eigenvalue weighted by Crippen LogP contribution is 2.16. The largest absolute Gasteiger partial charge is 0.466 e. The van der Waals surface area contributed by atoms with Gasteiger partial charge in [0.15, 0.2) is 0 Å². The standard InChI is InChI=1S/C25H31NO6/c1-5-30-22(27)15-23(28)31-18-21-13-11-20(12-14-21)17-26(24(29)32-25(2,3)4)16-19-9-7-6-8-10-19/h6-14H,5,15-18H2,1-4H3. The monoisotopic (exact) mass is 441 g/mol. The molecule has 2 aromatic rings. The van der Waals surface area contributed by atoms with Gasteiger partial charge in [0, 0.05) is 13.1 Å². The molecule has 0 saturated carbocycles. The van der Waals surface area contributed by atoms with Gasteiger partial charge in [0.1, 0.15) is 18.6 Å². The lowest BCUT2D eigenvalue weighted by Crippen LogP contribution is -2.36. The Morgan fingerprint density at radius 2 is 1.31 bits per heavy atom. The molecule has 0 aliphatic carbocycles. The summed E-state index contributed by atoms with van der Waals surface area (Å²) < 4.78 is 15.4. The predicted molar refractivity (Wildman–Crippen MR) is 119 cm³/mol. The third-order valence-corrected chi connectivity index (χ3v) is 4.26. The summed E-state index contributed by atoms with van der Waals surface area (Å²) >= 11 is 0. The van der Waals surface area contributed by atoms with Crippen LogP contribution in [-0.4, -0.2) is 35.1 Å². The lowest BCUT2D eigenvalue weighted by molar-refractivity contribution is -0.155. The van der Waals surface area contributed by atoms with E-state index in [1.165, 1.54) is 0 Å². The van der Waals surface area contributed by atoms with Crippen LogP contribution in [0.1, 0.15) is 50.8 Å². The zero-order valence-electron chi connectivity index (χ0n) is 19.1. The summed E-state index contributed by atoms with van der Waals surface area (Å²) in [5.41, 5.74) is 2.10. The number of hydrogen-bond donors (Lipinski definition) is 0. The van der Waals surface area contributed by atoms with Crippen LogP contribution in [0.15, 0.2) is 54.6 Å². The summed E-state index contributed by atoms with van der Waals surface area (Å²) in [5.74, 6) is -1.24. The maximum absolute atomic E-state index is 12.8. The molecule has 1 amide bonds. The SMILES string of the molecule is CCOC(=O)CC(=O)OCc1ccc(CN(Cc2ccccc2)C(=O)OC(C)(C)C)cc1. The number of carbonyl (C=O) groups is 3. The highest BCUT2D eigenvalue weighted by atomic mass is 16.6. The Labute approximate surface area is 189 Å². The van der Waals surface area contributed by atoms with Gasteiger partial charge in [-0.2, -0.15) is 0 Å². The quantitative estimate of drug-likeness (QED) is 0.321. The second-order valence-electron chi connectivity index (χ2n) is 8.28. The number of carbonyl (C=O) groups excluding carboxylic acids is 3. The van der Waals surface area contributed by atoms with Gasteiger partial charge in [0.25, 0.3) is 0 Å². The predicted octanol–water partition coefficient (Wildman–Crippen LogP) is 4.62. The molecule has 0 heterocycles. The Bertz CT molecular complexity index is 887. The molecule has 0 N–H and O–H groups in total. The number of esters is 2. The summed E-state index contributed by atoms with van der Waals surface area (Å²) in [6, 6.07) is 17.1. The van der Waals surface area contributed by atoms with Crippen LogP contribution < -0.4 is 0 Å². The number of ether oxygens (including phenoxy) is 3. The molecule has 0 radical (unpaired) electrons. The first-order valence-electron chi connectivity index (χ1n) is 10.6. The molecule has 0 fully saturated rings. The summed E-state index contributed by atoms with van der Waals surface area (Å²) in [6.45, 7) is 8.25. The minimum absolute atomic E-state index is 0.0539. The molecule has 0 bridgehead atoms. The zero-order valence-corrected chi connectivity index (χ0v) is 19.1. The van der Waals surface area contributed by atoms with E-state index in [4.69, 9.17) is 14.2 Å². The first-order chi connectivity index (χ1) is 15.2. The maximum Gasteiger partial charge on any atom is 0.410 e. The van der Waals surface area contributed by atoms with Gasteiger partial charge < -0.3 is 14.2 Å². The molecule has 32 heavy (non-hydrogen) atoms. The lowest BCUT2D eigenvalue weighted by atomic mass is 10.1. The first-order valence-corrected chi connectivity index (χ1v) is 10.6. The molecule has 0 atom stereocenters. The zero-order chi connectivity index (χ0) is 23.6. The Hall–Kier alpha value is -3.35. The van der Waals surface area contributed by atoms with Gasteiger partial charge in [-0.25, -0.2) is 4.79 Å². The summed E-state index contributed by atoms with van der Waals surface area (Å²) in [4.78, 5) is 37.4. The summed E-state index contributed by atoms with van der Waals surface area (Å²) in [7, 11) is 0. The molecule has 0 spiro atoms. The molecule has 0 unspecified atom stereocenters. The number of rotatable bonds is 9. The van der Waals surface area contributed by atoms with Crippen LogP contribution in [-0.2, 0) is 43.5 Å². The van der Waals surface area contributed by atoms with Gasteiger partial charge >= 0.3 is 18.0 Å². The van der Waals surface area contributed by atoms with Crippen LogP contribution in [0, 0.1) is 0 Å². The van der Waals surface area contributed by atoms with Crippen molar-refractivity contribution < 1.29 is 28.6 Å². The third-order valence-electron chi connectivity index (χ3n) is 4.26. The van der Waals surface area contributed by atoms with Gasteiger partial charge in [-0.05, 0) is 44.4 Å². The van der Waals surface area contributed by atoms with Gasteiger partial charge in [0.2, 0.25) is 0 Å². The van der Waals surface area contributed by atoms with Crippen molar-refractivity contribution in [1.29, 1.82) is 0 Å². The molecular formula is C25H31NO6. The fourth-order valence-corrected chi connectivity index (χ4v) is 2.82. The van der Waals surface area contributed by atoms with Gasteiger partial charge in [0.05, 0.1) is 6.61 Å². The van der Waals surface area contributed by atoms with Crippen molar-refractivity contribution in [3.63, 3.8) is 0 Å². The molecule has 7 nitrogen and oxygen atoms in total. The Morgan fingerprint density at radius 3 is 1.88 bits per heavy atom. The summed E-state index contributed by atoms with van der Waals surface area (Å²) in [6.07, 6.45) is -0.797. The molecule has 2 aromatic carbocycles. The van der Waals surface area contributed by atoms with Crippen LogP contribution in [0.25, 0.3) is 0 Å². The molecule has 2 rings (SSSR count). The second-order valence-corrected chi connectivity index (χ2v) is 8.28. The summed E-state index contributed by atoms with van der Waals surface area (Å²) in [5, 5.41) is 0. The molecule has 0 saturated heterocycles. The fourth-order valence-electron chi connectivity index (χ4n) is 2.82. The number of benzene rings is 2. The molecule has 0 aliphatic rings. The van der Waals surface area contributed by atoms with Crippen LogP contribution in [0.5, 0.6) is 0 Å². The van der Waals surface area contributed by atoms with E-state index >= 15 is 0 Å². The van der Waals surface area contributed by atoms with E-state index in [0.717, 1.165) is 16.7 Å². The highest BCUT2D eigenvalue weighted by Gasteiger charge is 2.22. The van der Waals surface area contributed by atoms with Crippen molar-refractivity contribution in [2.45, 2.75) is 59.4 Å². The average Bonchev–Trinajstić information content (AvgIpc) is 2.72. The van der Waals surface area contributed by atoms with E-state index in [1.807, 2.05) is 75.4 Å². The molecule has 172 valence electrons. The van der Waals surface area contributed by atoms with E-state index in [1.54, 1.807) is 11.8 Å². The van der Waals surface area contributed by atoms with E-state index < -0.39 is 30.1 Å². The van der Waals surface area contributed by atoms with Crippen molar-refractivity contribution in [1.82, 2.24) is 4.90 Å². The van der Waals surface area contributed by atoms with Crippen LogP contribution in [0.2, 0.25) is 0 Å². The lowest BCUT2D eigenvalue weighted by Gasteiger charge is -2.27. The number of amides is 1. The van der Waals surface area contributed by atoms with Gasteiger partial charge in [-0.15, -0.1) is 0 Å². The van der Waals surface area contributed by atoms with Crippen molar-refractivity contribution in [3.05, 3.63) is 71.3 Å². The van der Waals surface area contributed by atoms with Crippen LogP contribution in [0.3, 0.4) is 0 Å². The highest BCUT2D eigenvalue weighted by molar-refractivity contribution is 5.91. The molecular weight excluding hydrogens is 410 g/mol. The number of hydrogen-bond acceptors (Lipinski definition) is 6. The van der Waals surface area contributed by atoms with E-state index in [-0.39, 0.29) is 13.2 Å². The fraction of sp³-hybridized carbons (Fsp3) is 0.400. The number of nitrogens with zero attached hydrogens (tertiary/aromatic N) is 1. The first kappa shape index (κ1) is 24.9. The molecule has 0 aliphatic heterocycles. The van der Waals surface area contributed by atoms with Crippen molar-refractivity contribution in [2.75, 3.05) is 6.61 Å². The third kappa shape index (κ3) is 9.20. The van der Waals surface area contributed by atoms with E-state index in [2.05, 4.69) is 0 Å². The topological polar surface area (TPSA) is 82.1 Å². The minimum atomic E-state index is -0.633. The Kier molecular flexibility index (Phi) is 9.25. The smallest absolute Gasteiger partial charge is 0.410 e. The van der Waals surface area contributed by atoms with Crippen LogP contribution in [0.4, 0.5) is 4.79 Å². The van der Waals surface area contributed by atoms with Crippen molar-refractivity contribution >= 4 is 18.0 Å². The van der Waals surface area contributed by atoms with Gasteiger partial charge in [-0.1, -0.05) is 54.6 Å². The van der Waals surface area contributed by atoms with Crippen molar-refractivity contribution in [2.24, 2.45) is 0 Å². The van der Waals surface area contributed by atoms with Crippen molar-refractivity contribution in [3.8, 4) is 0 Å². The Balaban J connectivity index is 1.99. The normalized spacial score (nSPS) is 10.9. The van der Waals surface area contributed by atoms with Crippen LogP contribution >= 0.6 is 0 Å². The minimum Gasteiger partial charge on any atom is -0.466 e. The average molecular weight is 442 g/mol. The molecule has 0 aromatic heterocycles. The van der Waals surface area contributed by atoms with E-state index in [0.29, 0.717) is 13.1 Å².